The van der Waals surface area contributed by atoms with Crippen LogP contribution in [0.4, 0.5) is 20.6 Å². The van der Waals surface area contributed by atoms with E-state index in [4.69, 9.17) is 5.11 Å². The average molecular weight is 299 g/mol. The predicted octanol–water partition coefficient (Wildman–Crippen LogP) is 2.06. The summed E-state index contributed by atoms with van der Waals surface area (Å²) in [4.78, 5) is 33.7. The van der Waals surface area contributed by atoms with Gasteiger partial charge in [0.25, 0.3) is 5.69 Å². The Morgan fingerprint density at radius 1 is 1.38 bits per heavy atom. The van der Waals surface area contributed by atoms with E-state index in [1.807, 2.05) is 0 Å². The lowest BCUT2D eigenvalue weighted by molar-refractivity contribution is -0.385. The zero-order chi connectivity index (χ0) is 16.4. The Balaban J connectivity index is 2.99. The number of nitrogens with zero attached hydrogens (tertiary/aromatic N) is 2. The molecule has 0 saturated heterocycles. The number of benzene rings is 1. The second-order valence-corrected chi connectivity index (χ2v) is 4.81. The molecule has 0 aliphatic rings. The first-order valence-electron chi connectivity index (χ1n) is 5.79. The monoisotopic (exact) mass is 299 g/mol. The summed E-state index contributed by atoms with van der Waals surface area (Å²) in [6, 6.07) is 1.75. The number of amides is 2. The fourth-order valence-electron chi connectivity index (χ4n) is 1.36. The third kappa shape index (κ3) is 3.65. The van der Waals surface area contributed by atoms with Crippen LogP contribution in [-0.2, 0) is 4.79 Å². The summed E-state index contributed by atoms with van der Waals surface area (Å²) in [7, 11) is 1.25. The molecule has 8 nitrogen and oxygen atoms in total. The van der Waals surface area contributed by atoms with Gasteiger partial charge < -0.3 is 15.3 Å². The van der Waals surface area contributed by atoms with Crippen LogP contribution in [0.3, 0.4) is 0 Å². The number of anilines is 1. The van der Waals surface area contributed by atoms with Crippen molar-refractivity contribution in [2.75, 3.05) is 12.4 Å². The van der Waals surface area contributed by atoms with Crippen LogP contribution in [0.25, 0.3) is 0 Å². The van der Waals surface area contributed by atoms with Crippen molar-refractivity contribution in [3.63, 3.8) is 0 Å². The molecule has 0 spiro atoms. The summed E-state index contributed by atoms with van der Waals surface area (Å²) in [5.74, 6) is -2.12. The van der Waals surface area contributed by atoms with Crippen LogP contribution in [0, 0.1) is 15.9 Å². The third-order valence-electron chi connectivity index (χ3n) is 3.01. The first kappa shape index (κ1) is 16.3. The van der Waals surface area contributed by atoms with Crippen molar-refractivity contribution in [1.29, 1.82) is 0 Å². The summed E-state index contributed by atoms with van der Waals surface area (Å²) in [5.41, 5.74) is -2.16. The number of likely N-dealkylation sites (N-methyl/N-ethyl adjacent to an activating group) is 1. The Bertz CT molecular complexity index is 603. The zero-order valence-corrected chi connectivity index (χ0v) is 11.6. The van der Waals surface area contributed by atoms with Gasteiger partial charge in [0.05, 0.1) is 16.7 Å². The number of nitrogens with one attached hydrogen (secondary N) is 1. The molecule has 0 aliphatic heterocycles. The molecule has 114 valence electrons. The van der Waals surface area contributed by atoms with Crippen LogP contribution < -0.4 is 5.32 Å². The molecular weight excluding hydrogens is 285 g/mol. The number of carbonyl (C=O) groups excluding carboxylic acids is 1. The van der Waals surface area contributed by atoms with E-state index >= 15 is 0 Å². The third-order valence-corrected chi connectivity index (χ3v) is 3.01. The number of nitro benzene ring substituents is 1. The minimum absolute atomic E-state index is 0.139. The molecule has 0 radical (unpaired) electrons. The van der Waals surface area contributed by atoms with Crippen LogP contribution in [0.5, 0.6) is 0 Å². The Morgan fingerprint density at radius 3 is 2.43 bits per heavy atom. The van der Waals surface area contributed by atoms with Crippen molar-refractivity contribution >= 4 is 23.4 Å². The number of carbonyl (C=O) groups is 2. The molecule has 0 unspecified atom stereocenters. The van der Waals surface area contributed by atoms with Gasteiger partial charge in [-0.05, 0) is 19.9 Å². The SMILES string of the molecule is CN(C(=O)Nc1cc(F)cc([N+](=O)[O-])c1)C(C)(C)C(=O)O. The second kappa shape index (κ2) is 5.73. The average Bonchev–Trinajstić information content (AvgIpc) is 2.36. The standard InChI is InChI=1S/C12H14FN3O5/c1-12(2,10(17)18)15(3)11(19)14-8-4-7(13)5-9(6-8)16(20)21/h4-6H,1-3H3,(H,14,19)(H,17,18). The summed E-state index contributed by atoms with van der Waals surface area (Å²) < 4.78 is 13.2. The second-order valence-electron chi connectivity index (χ2n) is 4.81. The number of non-ortho nitro benzene ring substituents is 1. The summed E-state index contributed by atoms with van der Waals surface area (Å²) in [6.45, 7) is 2.62. The highest BCUT2D eigenvalue weighted by molar-refractivity contribution is 5.93. The lowest BCUT2D eigenvalue weighted by atomic mass is 10.1. The lowest BCUT2D eigenvalue weighted by Crippen LogP contribution is -2.52. The van der Waals surface area contributed by atoms with Crippen LogP contribution in [-0.4, -0.2) is 39.5 Å². The van der Waals surface area contributed by atoms with E-state index < -0.39 is 34.0 Å². The Kier molecular flexibility index (Phi) is 4.46. The largest absolute Gasteiger partial charge is 0.480 e. The van der Waals surface area contributed by atoms with Gasteiger partial charge in [-0.2, -0.15) is 0 Å². The van der Waals surface area contributed by atoms with Gasteiger partial charge in [0.15, 0.2) is 0 Å². The first-order chi connectivity index (χ1) is 9.55. The van der Waals surface area contributed by atoms with Gasteiger partial charge in [-0.25, -0.2) is 14.0 Å². The highest BCUT2D eigenvalue weighted by Crippen LogP contribution is 2.21. The topological polar surface area (TPSA) is 113 Å². The maximum absolute atomic E-state index is 13.2. The molecule has 0 saturated carbocycles. The van der Waals surface area contributed by atoms with Crippen LogP contribution >= 0.6 is 0 Å². The Labute approximate surface area is 119 Å². The molecule has 1 aromatic rings. The molecule has 0 atom stereocenters. The molecule has 1 rings (SSSR count). The van der Waals surface area contributed by atoms with Gasteiger partial charge >= 0.3 is 12.0 Å². The fraction of sp³-hybridized carbons (Fsp3) is 0.333. The number of carboxylic acids is 1. The Hall–Kier alpha value is -2.71. The molecule has 1 aromatic carbocycles. The summed E-state index contributed by atoms with van der Waals surface area (Å²) in [5, 5.41) is 21.8. The molecule has 9 heteroatoms. The molecular formula is C12H14FN3O5. The van der Waals surface area contributed by atoms with E-state index in [9.17, 15) is 24.1 Å². The van der Waals surface area contributed by atoms with Gasteiger partial charge in [0, 0.05) is 13.1 Å². The molecule has 0 aliphatic carbocycles. The van der Waals surface area contributed by atoms with Gasteiger partial charge in [0.2, 0.25) is 0 Å². The molecule has 0 heterocycles. The molecule has 2 N–H and O–H groups in total. The number of hydrogen-bond donors (Lipinski definition) is 2. The predicted molar refractivity (Wildman–Crippen MR) is 71.6 cm³/mol. The maximum Gasteiger partial charge on any atom is 0.329 e. The maximum atomic E-state index is 13.2. The van der Waals surface area contributed by atoms with E-state index in [1.165, 1.54) is 20.9 Å². The normalized spacial score (nSPS) is 10.9. The van der Waals surface area contributed by atoms with E-state index in [0.29, 0.717) is 6.07 Å². The van der Waals surface area contributed by atoms with Crippen molar-refractivity contribution in [2.45, 2.75) is 19.4 Å². The van der Waals surface area contributed by atoms with Crippen molar-refractivity contribution in [3.05, 3.63) is 34.1 Å². The van der Waals surface area contributed by atoms with Crippen molar-refractivity contribution in [2.24, 2.45) is 0 Å². The fourth-order valence-corrected chi connectivity index (χ4v) is 1.36. The molecule has 0 bridgehead atoms. The van der Waals surface area contributed by atoms with Crippen molar-refractivity contribution < 1.29 is 24.0 Å². The number of rotatable bonds is 4. The minimum atomic E-state index is -1.50. The highest BCUT2D eigenvalue weighted by atomic mass is 19.1. The minimum Gasteiger partial charge on any atom is -0.480 e. The van der Waals surface area contributed by atoms with Gasteiger partial charge in [-0.3, -0.25) is 10.1 Å². The van der Waals surface area contributed by atoms with Gasteiger partial charge in [-0.15, -0.1) is 0 Å². The Morgan fingerprint density at radius 2 is 1.95 bits per heavy atom. The molecule has 21 heavy (non-hydrogen) atoms. The van der Waals surface area contributed by atoms with Crippen molar-refractivity contribution in [1.82, 2.24) is 4.90 Å². The molecule has 2 amide bonds. The van der Waals surface area contributed by atoms with Crippen LogP contribution in [0.15, 0.2) is 18.2 Å². The highest BCUT2D eigenvalue weighted by Gasteiger charge is 2.35. The van der Waals surface area contributed by atoms with E-state index in [1.54, 1.807) is 0 Å². The van der Waals surface area contributed by atoms with Crippen LogP contribution in [0.2, 0.25) is 0 Å². The van der Waals surface area contributed by atoms with Crippen LogP contribution in [0.1, 0.15) is 13.8 Å². The zero-order valence-electron chi connectivity index (χ0n) is 11.6. The molecule has 0 fully saturated rings. The lowest BCUT2D eigenvalue weighted by Gasteiger charge is -2.31. The van der Waals surface area contributed by atoms with Gasteiger partial charge in [0.1, 0.15) is 11.4 Å². The number of hydrogen-bond acceptors (Lipinski definition) is 4. The number of aliphatic carboxylic acids is 1. The quantitative estimate of drug-likeness (QED) is 0.652. The summed E-state index contributed by atoms with van der Waals surface area (Å²) >= 11 is 0. The van der Waals surface area contributed by atoms with E-state index in [2.05, 4.69) is 5.32 Å². The number of nitro groups is 1. The van der Waals surface area contributed by atoms with Crippen molar-refractivity contribution in [3.8, 4) is 0 Å². The summed E-state index contributed by atoms with van der Waals surface area (Å²) in [6.07, 6.45) is 0. The molecule has 0 aromatic heterocycles. The van der Waals surface area contributed by atoms with Gasteiger partial charge in [-0.1, -0.05) is 0 Å². The number of urea groups is 1. The number of halogens is 1. The number of carboxylic acid groups (broad SMARTS) is 1. The first-order valence-corrected chi connectivity index (χ1v) is 5.79. The van der Waals surface area contributed by atoms with E-state index in [-0.39, 0.29) is 5.69 Å². The smallest absolute Gasteiger partial charge is 0.329 e. The van der Waals surface area contributed by atoms with E-state index in [0.717, 1.165) is 17.0 Å².